The SMILES string of the molecule is CC(C)(C)C(NC(=O)c1nn(CCCCF)c2ccccc12)C(=O)O. The summed E-state index contributed by atoms with van der Waals surface area (Å²) < 4.78 is 14.0. The number of aromatic nitrogens is 2. The molecule has 0 aliphatic carbocycles. The number of nitrogens with zero attached hydrogens (tertiary/aromatic N) is 2. The summed E-state index contributed by atoms with van der Waals surface area (Å²) in [6, 6.07) is 6.22. The molecule has 1 aromatic carbocycles. The molecule has 2 rings (SSSR count). The number of aryl methyl sites for hydroxylation is 1. The number of carboxylic acids is 1. The summed E-state index contributed by atoms with van der Waals surface area (Å²) in [6.07, 6.45) is 1.05. The molecule has 0 aliphatic rings. The van der Waals surface area contributed by atoms with Crippen molar-refractivity contribution >= 4 is 22.8 Å². The number of alkyl halides is 1. The van der Waals surface area contributed by atoms with Crippen LogP contribution in [0, 0.1) is 5.41 Å². The fourth-order valence-electron chi connectivity index (χ4n) is 2.67. The molecule has 2 aromatic rings. The number of carbonyl (C=O) groups is 2. The maximum Gasteiger partial charge on any atom is 0.326 e. The van der Waals surface area contributed by atoms with Crippen LogP contribution in [0.15, 0.2) is 24.3 Å². The minimum absolute atomic E-state index is 0.186. The Labute approximate surface area is 146 Å². The van der Waals surface area contributed by atoms with Gasteiger partial charge in [-0.25, -0.2) is 4.79 Å². The summed E-state index contributed by atoms with van der Waals surface area (Å²) in [7, 11) is 0. The van der Waals surface area contributed by atoms with Crippen molar-refractivity contribution < 1.29 is 19.1 Å². The van der Waals surface area contributed by atoms with E-state index in [0.717, 1.165) is 5.52 Å². The Balaban J connectivity index is 2.33. The molecule has 1 amide bonds. The molecule has 6 nitrogen and oxygen atoms in total. The zero-order valence-corrected chi connectivity index (χ0v) is 14.8. The number of carboxylic acid groups (broad SMARTS) is 1. The third-order valence-corrected chi connectivity index (χ3v) is 4.01. The molecule has 0 saturated carbocycles. The van der Waals surface area contributed by atoms with Gasteiger partial charge in [0.05, 0.1) is 12.2 Å². The lowest BCUT2D eigenvalue weighted by molar-refractivity contribution is -0.142. The van der Waals surface area contributed by atoms with Crippen molar-refractivity contribution in [2.24, 2.45) is 5.41 Å². The van der Waals surface area contributed by atoms with Crippen LogP contribution in [-0.2, 0) is 11.3 Å². The highest BCUT2D eigenvalue weighted by molar-refractivity contribution is 6.05. The second kappa shape index (κ2) is 7.63. The molecule has 1 unspecified atom stereocenters. The summed E-state index contributed by atoms with van der Waals surface area (Å²) in [5.41, 5.74) is 0.321. The third kappa shape index (κ3) is 4.35. The van der Waals surface area contributed by atoms with Gasteiger partial charge in [-0.3, -0.25) is 13.9 Å². The smallest absolute Gasteiger partial charge is 0.326 e. The first-order valence-electron chi connectivity index (χ1n) is 8.31. The highest BCUT2D eigenvalue weighted by Crippen LogP contribution is 2.22. The highest BCUT2D eigenvalue weighted by Gasteiger charge is 2.33. The van der Waals surface area contributed by atoms with Crippen LogP contribution >= 0.6 is 0 Å². The molecule has 1 atom stereocenters. The van der Waals surface area contributed by atoms with E-state index in [2.05, 4.69) is 10.4 Å². The molecule has 0 fully saturated rings. The topological polar surface area (TPSA) is 84.2 Å². The third-order valence-electron chi connectivity index (χ3n) is 4.01. The lowest BCUT2D eigenvalue weighted by Gasteiger charge is -2.27. The second-order valence-electron chi connectivity index (χ2n) is 7.10. The van der Waals surface area contributed by atoms with Crippen LogP contribution in [0.2, 0.25) is 0 Å². The summed E-state index contributed by atoms with van der Waals surface area (Å²) >= 11 is 0. The Morgan fingerprint density at radius 2 is 1.96 bits per heavy atom. The molecule has 25 heavy (non-hydrogen) atoms. The van der Waals surface area contributed by atoms with E-state index < -0.39 is 30.0 Å². The number of rotatable bonds is 7. The first-order valence-corrected chi connectivity index (χ1v) is 8.31. The number of carbonyl (C=O) groups excluding carboxylic acids is 1. The molecule has 0 bridgehead atoms. The molecule has 136 valence electrons. The van der Waals surface area contributed by atoms with Crippen LogP contribution < -0.4 is 5.32 Å². The quantitative estimate of drug-likeness (QED) is 0.753. The number of aliphatic carboxylic acids is 1. The lowest BCUT2D eigenvalue weighted by Crippen LogP contribution is -2.49. The Morgan fingerprint density at radius 1 is 1.28 bits per heavy atom. The molecule has 0 aliphatic heterocycles. The second-order valence-corrected chi connectivity index (χ2v) is 7.10. The Morgan fingerprint density at radius 3 is 2.56 bits per heavy atom. The monoisotopic (exact) mass is 349 g/mol. The van der Waals surface area contributed by atoms with Crippen molar-refractivity contribution in [3.05, 3.63) is 30.0 Å². The van der Waals surface area contributed by atoms with Gasteiger partial charge in [-0.2, -0.15) is 5.10 Å². The van der Waals surface area contributed by atoms with Crippen LogP contribution in [0.4, 0.5) is 4.39 Å². The van der Waals surface area contributed by atoms with E-state index in [4.69, 9.17) is 0 Å². The number of halogens is 1. The number of hydrogen-bond donors (Lipinski definition) is 2. The van der Waals surface area contributed by atoms with Gasteiger partial charge >= 0.3 is 5.97 Å². The van der Waals surface area contributed by atoms with Crippen molar-refractivity contribution in [3.8, 4) is 0 Å². The summed E-state index contributed by atoms with van der Waals surface area (Å²) in [6.45, 7) is 5.36. The number of benzene rings is 1. The predicted octanol–water partition coefficient (Wildman–Crippen LogP) is 3.02. The van der Waals surface area contributed by atoms with Crippen molar-refractivity contribution in [3.63, 3.8) is 0 Å². The predicted molar refractivity (Wildman–Crippen MR) is 93.3 cm³/mol. The molecule has 7 heteroatoms. The average Bonchev–Trinajstić information content (AvgIpc) is 2.90. The van der Waals surface area contributed by atoms with Crippen molar-refractivity contribution in [2.45, 2.75) is 46.2 Å². The minimum Gasteiger partial charge on any atom is -0.480 e. The van der Waals surface area contributed by atoms with Crippen molar-refractivity contribution in [1.82, 2.24) is 15.1 Å². The zero-order valence-electron chi connectivity index (χ0n) is 14.8. The molecule has 1 aromatic heterocycles. The Kier molecular flexibility index (Phi) is 5.77. The van der Waals surface area contributed by atoms with Gasteiger partial charge in [0.1, 0.15) is 6.04 Å². The van der Waals surface area contributed by atoms with Crippen molar-refractivity contribution in [2.75, 3.05) is 6.67 Å². The molecule has 0 radical (unpaired) electrons. The number of nitrogens with one attached hydrogen (secondary N) is 1. The van der Waals surface area contributed by atoms with Crippen LogP contribution in [0.25, 0.3) is 10.9 Å². The van der Waals surface area contributed by atoms with Gasteiger partial charge in [0, 0.05) is 11.9 Å². The van der Waals surface area contributed by atoms with Crippen LogP contribution in [0.5, 0.6) is 0 Å². The number of unbranched alkanes of at least 4 members (excludes halogenated alkanes) is 1. The summed E-state index contributed by atoms with van der Waals surface area (Å²) in [5.74, 6) is -1.62. The molecule has 1 heterocycles. The van der Waals surface area contributed by atoms with E-state index in [1.54, 1.807) is 37.6 Å². The Hall–Kier alpha value is -2.44. The Bertz CT molecular complexity index is 765. The first kappa shape index (κ1) is 18.9. The fraction of sp³-hybridized carbons (Fsp3) is 0.500. The van der Waals surface area contributed by atoms with Crippen LogP contribution in [0.1, 0.15) is 44.1 Å². The number of fused-ring (bicyclic) bond motifs is 1. The van der Waals surface area contributed by atoms with E-state index >= 15 is 0 Å². The van der Waals surface area contributed by atoms with Gasteiger partial charge in [-0.15, -0.1) is 0 Å². The average molecular weight is 349 g/mol. The maximum atomic E-state index is 12.7. The molecule has 0 spiro atoms. The fourth-order valence-corrected chi connectivity index (χ4v) is 2.67. The van der Waals surface area contributed by atoms with Gasteiger partial charge < -0.3 is 10.4 Å². The van der Waals surface area contributed by atoms with E-state index in [1.807, 2.05) is 12.1 Å². The highest BCUT2D eigenvalue weighted by atomic mass is 19.1. The van der Waals surface area contributed by atoms with Crippen LogP contribution in [0.3, 0.4) is 0 Å². The van der Waals surface area contributed by atoms with E-state index in [1.165, 1.54) is 0 Å². The number of amides is 1. The van der Waals surface area contributed by atoms with Gasteiger partial charge in [0.25, 0.3) is 5.91 Å². The largest absolute Gasteiger partial charge is 0.480 e. The van der Waals surface area contributed by atoms with Gasteiger partial charge in [0.2, 0.25) is 0 Å². The van der Waals surface area contributed by atoms with E-state index in [0.29, 0.717) is 24.8 Å². The number of para-hydroxylation sites is 1. The first-order chi connectivity index (χ1) is 11.8. The normalized spacial score (nSPS) is 13.0. The zero-order chi connectivity index (χ0) is 18.6. The van der Waals surface area contributed by atoms with Gasteiger partial charge in [-0.1, -0.05) is 39.0 Å². The molecule has 2 N–H and O–H groups in total. The number of hydrogen-bond acceptors (Lipinski definition) is 3. The molecular weight excluding hydrogens is 325 g/mol. The summed E-state index contributed by atoms with van der Waals surface area (Å²) in [5, 5.41) is 17.0. The summed E-state index contributed by atoms with van der Waals surface area (Å²) in [4.78, 5) is 24.1. The van der Waals surface area contributed by atoms with Gasteiger partial charge in [-0.05, 0) is 24.3 Å². The van der Waals surface area contributed by atoms with Crippen molar-refractivity contribution in [1.29, 1.82) is 0 Å². The molecular formula is C18H24FN3O3. The van der Waals surface area contributed by atoms with E-state index in [9.17, 15) is 19.1 Å². The van der Waals surface area contributed by atoms with Crippen LogP contribution in [-0.4, -0.2) is 39.5 Å². The van der Waals surface area contributed by atoms with E-state index in [-0.39, 0.29) is 5.69 Å². The minimum atomic E-state index is -1.09. The lowest BCUT2D eigenvalue weighted by atomic mass is 9.86. The standard InChI is InChI=1S/C18H24FN3O3/c1-18(2,3)15(17(24)25)20-16(23)14-12-8-4-5-9-13(12)22(21-14)11-7-6-10-19/h4-5,8-9,15H,6-7,10-11H2,1-3H3,(H,20,23)(H,24,25). The van der Waals surface area contributed by atoms with Gasteiger partial charge in [0.15, 0.2) is 5.69 Å². The molecule has 0 saturated heterocycles. The maximum absolute atomic E-state index is 12.7.